The Hall–Kier alpha value is -3.20. The van der Waals surface area contributed by atoms with Crippen molar-refractivity contribution in [3.05, 3.63) is 71.4 Å². The summed E-state index contributed by atoms with van der Waals surface area (Å²) in [5, 5.41) is 14.2. The Morgan fingerprint density at radius 3 is 2.36 bits per heavy atom. The molecule has 0 aliphatic carbocycles. The van der Waals surface area contributed by atoms with Crippen LogP contribution in [0.3, 0.4) is 0 Å². The zero-order valence-electron chi connectivity index (χ0n) is 13.8. The third kappa shape index (κ3) is 4.42. The van der Waals surface area contributed by atoms with E-state index in [9.17, 15) is 13.6 Å². The van der Waals surface area contributed by atoms with Gasteiger partial charge in [-0.3, -0.25) is 4.79 Å². The molecule has 2 aromatic rings. The van der Waals surface area contributed by atoms with Crippen LogP contribution in [0.5, 0.6) is 0 Å². The van der Waals surface area contributed by atoms with Crippen LogP contribution in [0.15, 0.2) is 54.2 Å². The van der Waals surface area contributed by atoms with E-state index < -0.39 is 23.2 Å². The SMILES string of the molecule is CC(C)c1ccccc1NC(=O)/C(C#N)=C\Nc1c(F)cccc1F. The average molecular weight is 341 g/mol. The molecule has 2 N–H and O–H groups in total. The van der Waals surface area contributed by atoms with Gasteiger partial charge in [-0.25, -0.2) is 8.78 Å². The van der Waals surface area contributed by atoms with Crippen LogP contribution < -0.4 is 10.6 Å². The summed E-state index contributed by atoms with van der Waals surface area (Å²) in [6, 6.07) is 12.3. The number of nitrogens with zero attached hydrogens (tertiary/aromatic N) is 1. The van der Waals surface area contributed by atoms with E-state index in [2.05, 4.69) is 10.6 Å². The molecule has 1 amide bonds. The first kappa shape index (κ1) is 18.1. The van der Waals surface area contributed by atoms with E-state index in [-0.39, 0.29) is 11.5 Å². The van der Waals surface area contributed by atoms with Crippen LogP contribution in [0.4, 0.5) is 20.2 Å². The van der Waals surface area contributed by atoms with E-state index in [1.807, 2.05) is 26.0 Å². The van der Waals surface area contributed by atoms with Gasteiger partial charge in [0.1, 0.15) is 29.0 Å². The van der Waals surface area contributed by atoms with Crippen LogP contribution in [0.1, 0.15) is 25.3 Å². The standard InChI is InChI=1S/C19H17F2N3O/c1-12(2)14-6-3-4-9-17(14)24-19(25)13(10-22)11-23-18-15(20)7-5-8-16(18)21/h3-9,11-12,23H,1-2H3,(H,24,25)/b13-11-. The summed E-state index contributed by atoms with van der Waals surface area (Å²) in [7, 11) is 0. The summed E-state index contributed by atoms with van der Waals surface area (Å²) in [6.07, 6.45) is 0.981. The van der Waals surface area contributed by atoms with Gasteiger partial charge in [-0.2, -0.15) is 5.26 Å². The van der Waals surface area contributed by atoms with Crippen LogP contribution in [0, 0.1) is 23.0 Å². The lowest BCUT2D eigenvalue weighted by Gasteiger charge is -2.13. The Morgan fingerprint density at radius 1 is 1.12 bits per heavy atom. The van der Waals surface area contributed by atoms with Gasteiger partial charge < -0.3 is 10.6 Å². The number of carbonyl (C=O) groups is 1. The highest BCUT2D eigenvalue weighted by Gasteiger charge is 2.14. The topological polar surface area (TPSA) is 64.9 Å². The largest absolute Gasteiger partial charge is 0.355 e. The first-order valence-corrected chi connectivity index (χ1v) is 7.65. The number of rotatable bonds is 5. The molecule has 2 aromatic carbocycles. The second-order valence-electron chi connectivity index (χ2n) is 5.61. The summed E-state index contributed by atoms with van der Waals surface area (Å²) in [6.45, 7) is 3.96. The summed E-state index contributed by atoms with van der Waals surface area (Å²) < 4.78 is 27.2. The molecule has 0 radical (unpaired) electrons. The number of benzene rings is 2. The number of nitrogens with one attached hydrogen (secondary N) is 2. The number of halogens is 2. The molecule has 128 valence electrons. The van der Waals surface area contributed by atoms with Gasteiger partial charge in [0.2, 0.25) is 0 Å². The van der Waals surface area contributed by atoms with Crippen molar-refractivity contribution < 1.29 is 13.6 Å². The van der Waals surface area contributed by atoms with Crippen molar-refractivity contribution in [2.45, 2.75) is 19.8 Å². The minimum Gasteiger partial charge on any atom is -0.355 e. The van der Waals surface area contributed by atoms with E-state index in [4.69, 9.17) is 5.26 Å². The van der Waals surface area contributed by atoms with Crippen molar-refractivity contribution in [3.8, 4) is 6.07 Å². The maximum absolute atomic E-state index is 13.6. The van der Waals surface area contributed by atoms with Gasteiger partial charge in [-0.05, 0) is 29.7 Å². The molecule has 0 aromatic heterocycles. The molecule has 0 saturated carbocycles. The average Bonchev–Trinajstić information content (AvgIpc) is 2.58. The summed E-state index contributed by atoms with van der Waals surface area (Å²) >= 11 is 0. The smallest absolute Gasteiger partial charge is 0.267 e. The molecule has 0 fully saturated rings. The monoisotopic (exact) mass is 341 g/mol. The van der Waals surface area contributed by atoms with E-state index in [1.165, 1.54) is 6.07 Å². The van der Waals surface area contributed by atoms with Gasteiger partial charge >= 0.3 is 0 Å². The molecule has 4 nitrogen and oxygen atoms in total. The lowest BCUT2D eigenvalue weighted by molar-refractivity contribution is -0.112. The Labute approximate surface area is 144 Å². The van der Waals surface area contributed by atoms with Gasteiger partial charge in [-0.15, -0.1) is 0 Å². The number of amides is 1. The molecule has 0 unspecified atom stereocenters. The lowest BCUT2D eigenvalue weighted by atomic mass is 10.0. The predicted molar refractivity (Wildman–Crippen MR) is 92.8 cm³/mol. The van der Waals surface area contributed by atoms with Crippen LogP contribution in [0.25, 0.3) is 0 Å². The fraction of sp³-hybridized carbons (Fsp3) is 0.158. The third-order valence-corrected chi connectivity index (χ3v) is 3.52. The van der Waals surface area contributed by atoms with Crippen molar-refractivity contribution >= 4 is 17.3 Å². The second kappa shape index (κ2) is 8.06. The van der Waals surface area contributed by atoms with Gasteiger partial charge in [0, 0.05) is 11.9 Å². The van der Waals surface area contributed by atoms with Crippen molar-refractivity contribution in [1.82, 2.24) is 0 Å². The Kier molecular flexibility index (Phi) is 5.85. The maximum Gasteiger partial charge on any atom is 0.267 e. The fourth-order valence-electron chi connectivity index (χ4n) is 2.23. The predicted octanol–water partition coefficient (Wildman–Crippen LogP) is 4.55. The minimum absolute atomic E-state index is 0.177. The van der Waals surface area contributed by atoms with Crippen molar-refractivity contribution in [3.63, 3.8) is 0 Å². The number of para-hydroxylation sites is 2. The number of nitriles is 1. The molecule has 0 aliphatic heterocycles. The minimum atomic E-state index is -0.820. The van der Waals surface area contributed by atoms with Gasteiger partial charge in [0.15, 0.2) is 0 Å². The number of hydrogen-bond donors (Lipinski definition) is 2. The molecule has 0 heterocycles. The number of carbonyl (C=O) groups excluding carboxylic acids is 1. The first-order valence-electron chi connectivity index (χ1n) is 7.65. The Morgan fingerprint density at radius 2 is 1.76 bits per heavy atom. The normalized spacial score (nSPS) is 11.1. The van der Waals surface area contributed by atoms with Crippen molar-refractivity contribution in [2.75, 3.05) is 10.6 Å². The third-order valence-electron chi connectivity index (χ3n) is 3.52. The van der Waals surface area contributed by atoms with E-state index >= 15 is 0 Å². The summed E-state index contributed by atoms with van der Waals surface area (Å²) in [5.74, 6) is -2.13. The number of anilines is 2. The van der Waals surface area contributed by atoms with E-state index in [0.29, 0.717) is 5.69 Å². The van der Waals surface area contributed by atoms with Gasteiger partial charge in [0.25, 0.3) is 5.91 Å². The van der Waals surface area contributed by atoms with Gasteiger partial charge in [0.05, 0.1) is 0 Å². The quantitative estimate of drug-likeness (QED) is 0.619. The molecule has 0 bridgehead atoms. The molecule has 0 atom stereocenters. The highest BCUT2D eigenvalue weighted by Crippen LogP contribution is 2.24. The zero-order valence-corrected chi connectivity index (χ0v) is 13.8. The van der Waals surface area contributed by atoms with Crippen molar-refractivity contribution in [2.24, 2.45) is 0 Å². The second-order valence-corrected chi connectivity index (χ2v) is 5.61. The Bertz CT molecular complexity index is 834. The first-order chi connectivity index (χ1) is 11.9. The van der Waals surface area contributed by atoms with Gasteiger partial charge in [-0.1, -0.05) is 38.1 Å². The Balaban J connectivity index is 2.21. The molecule has 0 aliphatic rings. The molecular weight excluding hydrogens is 324 g/mol. The molecular formula is C19H17F2N3O. The van der Waals surface area contributed by atoms with E-state index in [1.54, 1.807) is 18.2 Å². The lowest BCUT2D eigenvalue weighted by Crippen LogP contribution is -2.16. The van der Waals surface area contributed by atoms with Crippen LogP contribution >= 0.6 is 0 Å². The molecule has 0 spiro atoms. The van der Waals surface area contributed by atoms with E-state index in [0.717, 1.165) is 23.9 Å². The van der Waals surface area contributed by atoms with Crippen LogP contribution in [-0.4, -0.2) is 5.91 Å². The number of hydrogen-bond acceptors (Lipinski definition) is 3. The summed E-state index contributed by atoms with van der Waals surface area (Å²) in [5.41, 5.74) is 0.772. The van der Waals surface area contributed by atoms with Crippen LogP contribution in [0.2, 0.25) is 0 Å². The molecule has 0 saturated heterocycles. The highest BCUT2D eigenvalue weighted by molar-refractivity contribution is 6.07. The molecule has 6 heteroatoms. The summed E-state index contributed by atoms with van der Waals surface area (Å²) in [4.78, 5) is 12.3. The molecule has 25 heavy (non-hydrogen) atoms. The van der Waals surface area contributed by atoms with Crippen LogP contribution in [-0.2, 0) is 4.79 Å². The zero-order chi connectivity index (χ0) is 18.4. The van der Waals surface area contributed by atoms with Crippen molar-refractivity contribution in [1.29, 1.82) is 5.26 Å². The highest BCUT2D eigenvalue weighted by atomic mass is 19.1. The maximum atomic E-state index is 13.6. The molecule has 2 rings (SSSR count). The fourth-order valence-corrected chi connectivity index (χ4v) is 2.23.